The van der Waals surface area contributed by atoms with Crippen LogP contribution >= 0.6 is 0 Å². The average Bonchev–Trinajstić information content (AvgIpc) is 2.02. The fraction of sp³-hybridized carbons (Fsp3) is 0.143. The molecule has 5 nitrogen and oxygen atoms in total. The first-order chi connectivity index (χ1) is 5.63. The first kappa shape index (κ1) is 15.0. The summed E-state index contributed by atoms with van der Waals surface area (Å²) >= 11 is 0. The minimum atomic E-state index is -0.0602. The summed E-state index contributed by atoms with van der Waals surface area (Å²) < 4.78 is 0. The van der Waals surface area contributed by atoms with Gasteiger partial charge in [0.25, 0.3) is 0 Å². The molecule has 0 aliphatic heterocycles. The fourth-order valence-corrected chi connectivity index (χ4v) is 0.643. The van der Waals surface area contributed by atoms with Crippen LogP contribution in [0.3, 0.4) is 0 Å². The monoisotopic (exact) mass is 213 g/mol. The van der Waals surface area contributed by atoms with Crippen LogP contribution in [0.25, 0.3) is 0 Å². The van der Waals surface area contributed by atoms with Crippen molar-refractivity contribution in [2.75, 3.05) is 0 Å². The molecule has 0 unspecified atom stereocenters. The summed E-state index contributed by atoms with van der Waals surface area (Å²) in [6.07, 6.45) is 0. The zero-order valence-corrected chi connectivity index (χ0v) is 9.34. The van der Waals surface area contributed by atoms with Gasteiger partial charge in [-0.3, -0.25) is 0 Å². The third-order valence-electron chi connectivity index (χ3n) is 1.22. The van der Waals surface area contributed by atoms with E-state index in [2.05, 4.69) is 0 Å². The van der Waals surface area contributed by atoms with E-state index in [1.807, 2.05) is 0 Å². The van der Waals surface area contributed by atoms with Crippen molar-refractivity contribution in [1.29, 1.82) is 0 Å². The molecule has 0 heterocycles. The maximum atomic E-state index is 8.96. The van der Waals surface area contributed by atoms with Crippen LogP contribution in [0.1, 0.15) is 8.42 Å². The minimum absolute atomic E-state index is 0. The van der Waals surface area contributed by atoms with E-state index in [1.54, 1.807) is 19.1 Å². The summed E-state index contributed by atoms with van der Waals surface area (Å²) in [5, 5.41) is 25.7. The van der Waals surface area contributed by atoms with E-state index in [4.69, 9.17) is 20.3 Å². The fourth-order valence-electron chi connectivity index (χ4n) is 0.643. The summed E-state index contributed by atoms with van der Waals surface area (Å²) in [6, 6.07) is 4.86. The van der Waals surface area contributed by atoms with Crippen molar-refractivity contribution in [2.45, 2.75) is 6.92 Å². The van der Waals surface area contributed by atoms with Crippen LogP contribution in [0, 0.1) is 11.8 Å². The third-order valence-corrected chi connectivity index (χ3v) is 1.22. The van der Waals surface area contributed by atoms with Crippen LogP contribution in [0.15, 0.2) is 23.5 Å². The molecule has 0 amide bonds. The van der Waals surface area contributed by atoms with Crippen molar-refractivity contribution in [2.24, 2.45) is 5.34 Å². The van der Waals surface area contributed by atoms with Crippen LogP contribution in [0.5, 0.6) is 11.5 Å². The molecule has 1 aromatic carbocycles. The Morgan fingerprint density at radius 2 is 1.85 bits per heavy atom. The van der Waals surface area contributed by atoms with Gasteiger partial charge in [0.1, 0.15) is 0 Å². The number of benzene rings is 1. The van der Waals surface area contributed by atoms with E-state index < -0.39 is 0 Å². The Morgan fingerprint density at radius 1 is 1.38 bits per heavy atom. The molecule has 0 radical (unpaired) electrons. The van der Waals surface area contributed by atoms with Gasteiger partial charge >= 0.3 is 37.7 Å². The molecule has 0 spiro atoms. The van der Waals surface area contributed by atoms with E-state index in [0.717, 1.165) is 0 Å². The number of phenols is 2. The Bertz CT molecular complexity index is 255. The molecule has 1 rings (SSSR count). The standard InChI is InChI=1S/C7H8O2.Ca.HNO2.2H/c1-5-3-2-4-6(8)7(5)9;;2-1-3;;/h2-4,8-9H,1H3;;(H,2,3);;/q;+2;;2*-1. The second-order valence-corrected chi connectivity index (χ2v) is 2.02. The van der Waals surface area contributed by atoms with Gasteiger partial charge in [0.05, 0.1) is 0 Å². The van der Waals surface area contributed by atoms with E-state index >= 15 is 0 Å². The average molecular weight is 213 g/mol. The van der Waals surface area contributed by atoms with Gasteiger partial charge in [-0.15, -0.1) is 4.91 Å². The zero-order chi connectivity index (χ0) is 9.56. The second kappa shape index (κ2) is 8.10. The predicted octanol–water partition coefficient (Wildman–Crippen LogP) is 1.39. The number of aromatic hydroxyl groups is 2. The summed E-state index contributed by atoms with van der Waals surface area (Å²) in [5.74, 6) is -0.0903. The number of aryl methyl sites for hydroxylation is 1. The Kier molecular flexibility index (Phi) is 9.32. The molecule has 6 heteroatoms. The van der Waals surface area contributed by atoms with Gasteiger partial charge in [-0.05, 0) is 18.6 Å². The number of rotatable bonds is 0. The van der Waals surface area contributed by atoms with Gasteiger partial charge in [-0.1, -0.05) is 12.1 Å². The Labute approximate surface area is 108 Å². The molecule has 0 aromatic heterocycles. The number of para-hydroxylation sites is 1. The SMILES string of the molecule is Cc1cccc(O)c1O.O=NO.[Ca+2].[H-].[H-]. The molecular weight excluding hydrogens is 202 g/mol. The van der Waals surface area contributed by atoms with E-state index in [-0.39, 0.29) is 52.1 Å². The molecule has 1 aromatic rings. The Balaban J connectivity index is -0.0000000917. The number of nitrogens with zero attached hydrogens (tertiary/aromatic N) is 1. The summed E-state index contributed by atoms with van der Waals surface area (Å²) in [7, 11) is 0. The first-order valence-electron chi connectivity index (χ1n) is 3.07. The van der Waals surface area contributed by atoms with Crippen LogP contribution in [-0.2, 0) is 0 Å². The third kappa shape index (κ3) is 5.68. The van der Waals surface area contributed by atoms with Crippen LogP contribution in [-0.4, -0.2) is 53.2 Å². The van der Waals surface area contributed by atoms with Crippen molar-refractivity contribution in [3.63, 3.8) is 0 Å². The van der Waals surface area contributed by atoms with Gasteiger partial charge < -0.3 is 18.3 Å². The molecule has 0 saturated heterocycles. The number of hydrogen-bond donors (Lipinski definition) is 3. The second-order valence-electron chi connectivity index (χ2n) is 2.02. The molecular formula is C7H11CaNO4. The molecule has 0 fully saturated rings. The van der Waals surface area contributed by atoms with Crippen molar-refractivity contribution in [1.82, 2.24) is 0 Å². The van der Waals surface area contributed by atoms with Gasteiger partial charge in [-0.2, -0.15) is 0 Å². The largest absolute Gasteiger partial charge is 2.00 e. The van der Waals surface area contributed by atoms with E-state index in [0.29, 0.717) is 5.56 Å². The van der Waals surface area contributed by atoms with Crippen LogP contribution < -0.4 is 0 Å². The zero-order valence-electron chi connectivity index (χ0n) is 9.14. The Hall–Kier alpha value is -0.520. The summed E-state index contributed by atoms with van der Waals surface area (Å²) in [5.41, 5.74) is 0.690. The molecule has 13 heavy (non-hydrogen) atoms. The minimum Gasteiger partial charge on any atom is -1.00 e. The summed E-state index contributed by atoms with van der Waals surface area (Å²) in [6.45, 7) is 1.73. The van der Waals surface area contributed by atoms with Gasteiger partial charge in [0, 0.05) is 0 Å². The maximum Gasteiger partial charge on any atom is 2.00 e. The normalized spacial score (nSPS) is 7.46. The first-order valence-corrected chi connectivity index (χ1v) is 3.07. The topological polar surface area (TPSA) is 90.1 Å². The van der Waals surface area contributed by atoms with E-state index in [1.165, 1.54) is 11.4 Å². The number of hydrogen-bond acceptors (Lipinski definition) is 4. The molecule has 0 saturated carbocycles. The summed E-state index contributed by atoms with van der Waals surface area (Å²) in [4.78, 5) is 8.11. The van der Waals surface area contributed by atoms with Gasteiger partial charge in [-0.25, -0.2) is 0 Å². The molecule has 0 atom stereocenters. The van der Waals surface area contributed by atoms with Gasteiger partial charge in [0.15, 0.2) is 16.8 Å². The molecule has 3 N–H and O–H groups in total. The van der Waals surface area contributed by atoms with Crippen LogP contribution in [0.4, 0.5) is 0 Å². The molecule has 0 bridgehead atoms. The van der Waals surface area contributed by atoms with E-state index in [9.17, 15) is 0 Å². The van der Waals surface area contributed by atoms with Crippen molar-refractivity contribution in [3.05, 3.63) is 28.7 Å². The van der Waals surface area contributed by atoms with Crippen LogP contribution in [0.2, 0.25) is 0 Å². The molecule has 0 aliphatic rings. The molecule has 70 valence electrons. The van der Waals surface area contributed by atoms with Crippen molar-refractivity contribution < 1.29 is 18.3 Å². The number of phenolic OH excluding ortho intramolecular Hbond substituents is 2. The van der Waals surface area contributed by atoms with Gasteiger partial charge in [0.2, 0.25) is 0 Å². The van der Waals surface area contributed by atoms with Crippen molar-refractivity contribution in [3.8, 4) is 11.5 Å². The van der Waals surface area contributed by atoms with Crippen molar-refractivity contribution >= 4 is 37.7 Å². The smallest absolute Gasteiger partial charge is 1.00 e. The molecule has 0 aliphatic carbocycles. The predicted molar refractivity (Wildman–Crippen MR) is 50.1 cm³/mol. The maximum absolute atomic E-state index is 8.96. The Morgan fingerprint density at radius 3 is 2.15 bits per heavy atom. The quantitative estimate of drug-likeness (QED) is 0.263.